The highest BCUT2D eigenvalue weighted by molar-refractivity contribution is 5.76. The van der Waals surface area contributed by atoms with E-state index in [2.05, 4.69) is 4.98 Å². The van der Waals surface area contributed by atoms with E-state index in [0.717, 1.165) is 11.3 Å². The second-order valence-corrected chi connectivity index (χ2v) is 6.39. The maximum Gasteiger partial charge on any atom is 0.348 e. The Hall–Kier alpha value is -2.47. The zero-order valence-corrected chi connectivity index (χ0v) is 14.0. The first-order valence-corrected chi connectivity index (χ1v) is 8.09. The molecule has 1 aliphatic rings. The van der Waals surface area contributed by atoms with Crippen LogP contribution in [-0.2, 0) is 11.3 Å². The van der Waals surface area contributed by atoms with Crippen molar-refractivity contribution < 1.29 is 4.79 Å². The van der Waals surface area contributed by atoms with Crippen LogP contribution >= 0.6 is 0 Å². The lowest BCUT2D eigenvalue weighted by molar-refractivity contribution is -0.131. The van der Waals surface area contributed by atoms with Crippen molar-refractivity contribution in [2.45, 2.75) is 32.4 Å². The van der Waals surface area contributed by atoms with Crippen molar-refractivity contribution in [3.63, 3.8) is 0 Å². The van der Waals surface area contributed by atoms with Crippen molar-refractivity contribution >= 4 is 5.91 Å². The van der Waals surface area contributed by atoms with Gasteiger partial charge in [0.25, 0.3) is 0 Å². The first-order valence-electron chi connectivity index (χ1n) is 8.09. The van der Waals surface area contributed by atoms with E-state index in [1.165, 1.54) is 4.57 Å². The number of rotatable bonds is 3. The Balaban J connectivity index is 1.74. The molecule has 0 bridgehead atoms. The smallest absolute Gasteiger partial charge is 0.339 e. The lowest BCUT2D eigenvalue weighted by atomic mass is 9.95. The summed E-state index contributed by atoms with van der Waals surface area (Å²) in [5.41, 5.74) is 8.40. The van der Waals surface area contributed by atoms with Gasteiger partial charge in [0.2, 0.25) is 5.91 Å². The largest absolute Gasteiger partial charge is 0.348 e. The van der Waals surface area contributed by atoms with Gasteiger partial charge >= 0.3 is 5.69 Å². The molecular weight excluding hydrogens is 304 g/mol. The van der Waals surface area contributed by atoms with E-state index in [1.54, 1.807) is 17.9 Å². The van der Waals surface area contributed by atoms with E-state index >= 15 is 0 Å². The molecule has 2 aromatic rings. The summed E-state index contributed by atoms with van der Waals surface area (Å²) in [6, 6.07) is 11.7. The second kappa shape index (κ2) is 6.57. The SMILES string of the molecule is Cc1cc(C)n(CC(=O)N2C[C@H](c3ccccc3)[C@@H](N)C2)c(=O)n1. The Morgan fingerprint density at radius 1 is 1.25 bits per heavy atom. The van der Waals surface area contributed by atoms with Crippen LogP contribution in [0.15, 0.2) is 41.2 Å². The molecule has 1 fully saturated rings. The fourth-order valence-corrected chi connectivity index (χ4v) is 3.29. The number of carbonyl (C=O) groups excluding carboxylic acids is 1. The number of nitrogens with zero attached hydrogens (tertiary/aromatic N) is 3. The number of nitrogens with two attached hydrogens (primary N) is 1. The normalized spacial score (nSPS) is 20.4. The third kappa shape index (κ3) is 3.23. The number of aryl methyl sites for hydroxylation is 2. The van der Waals surface area contributed by atoms with E-state index < -0.39 is 0 Å². The van der Waals surface area contributed by atoms with Gasteiger partial charge in [0, 0.05) is 36.4 Å². The standard InChI is InChI=1S/C18H22N4O2/c1-12-8-13(2)22(18(24)20-12)11-17(23)21-9-15(16(19)10-21)14-6-4-3-5-7-14/h3-8,15-16H,9-11,19H2,1-2H3/t15-,16+/m1/s1. The van der Waals surface area contributed by atoms with Gasteiger partial charge in [-0.15, -0.1) is 0 Å². The Morgan fingerprint density at radius 2 is 1.96 bits per heavy atom. The van der Waals surface area contributed by atoms with Gasteiger partial charge in [0.15, 0.2) is 0 Å². The first-order chi connectivity index (χ1) is 11.5. The molecule has 1 saturated heterocycles. The van der Waals surface area contributed by atoms with E-state index in [4.69, 9.17) is 5.73 Å². The van der Waals surface area contributed by atoms with E-state index in [1.807, 2.05) is 37.3 Å². The van der Waals surface area contributed by atoms with Crippen molar-refractivity contribution in [3.8, 4) is 0 Å². The van der Waals surface area contributed by atoms with Crippen LogP contribution in [0.1, 0.15) is 22.9 Å². The molecular formula is C18H22N4O2. The quantitative estimate of drug-likeness (QED) is 0.905. The van der Waals surface area contributed by atoms with Gasteiger partial charge < -0.3 is 10.6 Å². The molecule has 6 heteroatoms. The molecule has 1 aromatic heterocycles. The van der Waals surface area contributed by atoms with E-state index in [-0.39, 0.29) is 30.1 Å². The summed E-state index contributed by atoms with van der Waals surface area (Å²) in [5, 5.41) is 0. The monoisotopic (exact) mass is 326 g/mol. The number of hydrogen-bond donors (Lipinski definition) is 1. The van der Waals surface area contributed by atoms with Crippen molar-refractivity contribution in [1.82, 2.24) is 14.5 Å². The minimum Gasteiger partial charge on any atom is -0.339 e. The fourth-order valence-electron chi connectivity index (χ4n) is 3.29. The lowest BCUT2D eigenvalue weighted by Crippen LogP contribution is -2.38. The molecule has 0 radical (unpaired) electrons. The molecule has 2 atom stereocenters. The highest BCUT2D eigenvalue weighted by atomic mass is 16.2. The zero-order chi connectivity index (χ0) is 17.3. The van der Waals surface area contributed by atoms with Gasteiger partial charge in [0.05, 0.1) is 0 Å². The number of aromatic nitrogens is 2. The van der Waals surface area contributed by atoms with Crippen molar-refractivity contribution in [1.29, 1.82) is 0 Å². The lowest BCUT2D eigenvalue weighted by Gasteiger charge is -2.18. The Labute approximate surface area is 140 Å². The maximum absolute atomic E-state index is 12.6. The second-order valence-electron chi connectivity index (χ2n) is 6.39. The highest BCUT2D eigenvalue weighted by Gasteiger charge is 2.33. The summed E-state index contributed by atoms with van der Waals surface area (Å²) in [4.78, 5) is 30.3. The summed E-state index contributed by atoms with van der Waals surface area (Å²) < 4.78 is 1.41. The topological polar surface area (TPSA) is 81.2 Å². The van der Waals surface area contributed by atoms with Gasteiger partial charge in [-0.2, -0.15) is 4.98 Å². The van der Waals surface area contributed by atoms with Crippen LogP contribution < -0.4 is 11.4 Å². The molecule has 1 amide bonds. The molecule has 24 heavy (non-hydrogen) atoms. The maximum atomic E-state index is 12.6. The molecule has 2 heterocycles. The summed E-state index contributed by atoms with van der Waals surface area (Å²) in [6.45, 7) is 4.67. The Morgan fingerprint density at radius 3 is 2.62 bits per heavy atom. The fraction of sp³-hybridized carbons (Fsp3) is 0.389. The third-order valence-corrected chi connectivity index (χ3v) is 4.59. The van der Waals surface area contributed by atoms with Crippen LogP contribution in [0.4, 0.5) is 0 Å². The molecule has 0 unspecified atom stereocenters. The van der Waals surface area contributed by atoms with Gasteiger partial charge in [0.1, 0.15) is 6.54 Å². The Bertz CT molecular complexity index is 800. The predicted octanol–water partition coefficient (Wildman–Crippen LogP) is 0.813. The molecule has 6 nitrogen and oxygen atoms in total. The molecule has 1 aromatic carbocycles. The van der Waals surface area contributed by atoms with Gasteiger partial charge in [-0.25, -0.2) is 4.79 Å². The average Bonchev–Trinajstić information content (AvgIpc) is 2.93. The van der Waals surface area contributed by atoms with Crippen LogP contribution in [-0.4, -0.2) is 39.5 Å². The number of likely N-dealkylation sites (tertiary alicyclic amines) is 1. The zero-order valence-electron chi connectivity index (χ0n) is 14.0. The summed E-state index contributed by atoms with van der Waals surface area (Å²) >= 11 is 0. The van der Waals surface area contributed by atoms with Gasteiger partial charge in [-0.1, -0.05) is 30.3 Å². The Kier molecular flexibility index (Phi) is 4.49. The average molecular weight is 326 g/mol. The van der Waals surface area contributed by atoms with Crippen molar-refractivity contribution in [3.05, 3.63) is 63.8 Å². The van der Waals surface area contributed by atoms with Crippen LogP contribution in [0.2, 0.25) is 0 Å². The minimum atomic E-state index is -0.385. The molecule has 1 aliphatic heterocycles. The molecule has 0 saturated carbocycles. The van der Waals surface area contributed by atoms with Crippen LogP contribution in [0.25, 0.3) is 0 Å². The van der Waals surface area contributed by atoms with E-state index in [0.29, 0.717) is 18.8 Å². The summed E-state index contributed by atoms with van der Waals surface area (Å²) in [6.07, 6.45) is 0. The number of carbonyl (C=O) groups is 1. The molecule has 2 N–H and O–H groups in total. The number of benzene rings is 1. The van der Waals surface area contributed by atoms with Crippen molar-refractivity contribution in [2.24, 2.45) is 5.73 Å². The molecule has 3 rings (SSSR count). The predicted molar refractivity (Wildman–Crippen MR) is 91.7 cm³/mol. The molecule has 126 valence electrons. The molecule has 0 spiro atoms. The third-order valence-electron chi connectivity index (χ3n) is 4.59. The van der Waals surface area contributed by atoms with Crippen LogP contribution in [0.3, 0.4) is 0 Å². The first kappa shape index (κ1) is 16.4. The minimum absolute atomic E-state index is 0.00613. The van der Waals surface area contributed by atoms with Gasteiger partial charge in [-0.3, -0.25) is 9.36 Å². The molecule has 0 aliphatic carbocycles. The highest BCUT2D eigenvalue weighted by Crippen LogP contribution is 2.26. The summed E-state index contributed by atoms with van der Waals surface area (Å²) in [5.74, 6) is 0.0313. The number of amides is 1. The van der Waals surface area contributed by atoms with Crippen LogP contribution in [0, 0.1) is 13.8 Å². The van der Waals surface area contributed by atoms with E-state index in [9.17, 15) is 9.59 Å². The van der Waals surface area contributed by atoms with Gasteiger partial charge in [-0.05, 0) is 25.5 Å². The number of hydrogen-bond acceptors (Lipinski definition) is 4. The summed E-state index contributed by atoms with van der Waals surface area (Å²) in [7, 11) is 0. The van der Waals surface area contributed by atoms with Crippen LogP contribution in [0.5, 0.6) is 0 Å². The van der Waals surface area contributed by atoms with Crippen molar-refractivity contribution in [2.75, 3.05) is 13.1 Å².